The number of anilines is 2. The molecule has 1 atom stereocenters. The predicted octanol–water partition coefficient (Wildman–Crippen LogP) is 2.89. The number of hydrogen-bond donors (Lipinski definition) is 2. The van der Waals surface area contributed by atoms with E-state index < -0.39 is 5.41 Å². The molecular weight excluding hydrogens is 482 g/mol. The predicted molar refractivity (Wildman–Crippen MR) is 136 cm³/mol. The minimum Gasteiger partial charge on any atom is -0.340 e. The first-order valence-corrected chi connectivity index (χ1v) is 12.0. The van der Waals surface area contributed by atoms with Gasteiger partial charge in [-0.15, -0.1) is 0 Å². The summed E-state index contributed by atoms with van der Waals surface area (Å²) in [7, 11) is 0. The minimum atomic E-state index is -1.25. The molecule has 2 amide bonds. The lowest BCUT2D eigenvalue weighted by Crippen LogP contribution is -2.46. The highest BCUT2D eigenvalue weighted by atomic mass is 16.2. The molecule has 11 nitrogen and oxygen atoms in total. The van der Waals surface area contributed by atoms with Crippen LogP contribution in [0.1, 0.15) is 34.4 Å². The lowest BCUT2D eigenvalue weighted by atomic mass is 9.70. The molecule has 0 aliphatic carbocycles. The third-order valence-electron chi connectivity index (χ3n) is 7.26. The van der Waals surface area contributed by atoms with E-state index in [9.17, 15) is 9.59 Å². The number of fused-ring (bicyclic) bond motifs is 5. The number of aromatic nitrogens is 6. The number of carbonyl (C=O) groups excluding carboxylic acids is 2. The number of para-hydroxylation sites is 1. The van der Waals surface area contributed by atoms with Gasteiger partial charge in [-0.3, -0.25) is 9.59 Å². The van der Waals surface area contributed by atoms with Crippen LogP contribution < -0.4 is 10.2 Å². The van der Waals surface area contributed by atoms with Crippen LogP contribution in [0.2, 0.25) is 0 Å². The van der Waals surface area contributed by atoms with E-state index in [1.165, 1.54) is 12.7 Å². The molecule has 184 valence electrons. The zero-order valence-electron chi connectivity index (χ0n) is 20.1. The SMILES string of the molecule is Cc1nn(-c2ncnc3nc[nH]c23)c2c1[C@@]1(CC(=O)N2)C(=O)N(Cc2ccc(C#N)cc2)c2ccccc21. The molecule has 0 unspecified atom stereocenters. The Morgan fingerprint density at radius 3 is 2.71 bits per heavy atom. The average Bonchev–Trinajstić information content (AvgIpc) is 3.60. The van der Waals surface area contributed by atoms with Gasteiger partial charge in [0.15, 0.2) is 11.5 Å². The van der Waals surface area contributed by atoms with Gasteiger partial charge in [0.1, 0.15) is 23.1 Å². The first-order valence-electron chi connectivity index (χ1n) is 12.0. The molecule has 5 aromatic rings. The summed E-state index contributed by atoms with van der Waals surface area (Å²) < 4.78 is 1.55. The topological polar surface area (TPSA) is 145 Å². The monoisotopic (exact) mass is 501 g/mol. The van der Waals surface area contributed by atoms with Crippen molar-refractivity contribution in [3.63, 3.8) is 0 Å². The molecule has 0 saturated heterocycles. The summed E-state index contributed by atoms with van der Waals surface area (Å²) in [5, 5.41) is 16.8. The largest absolute Gasteiger partial charge is 0.340 e. The van der Waals surface area contributed by atoms with Crippen LogP contribution in [0.3, 0.4) is 0 Å². The lowest BCUT2D eigenvalue weighted by Gasteiger charge is -2.33. The number of aromatic amines is 1. The number of carbonyl (C=O) groups is 2. The Hall–Kier alpha value is -5.37. The molecule has 7 rings (SSSR count). The van der Waals surface area contributed by atoms with Crippen molar-refractivity contribution in [2.45, 2.75) is 25.3 Å². The van der Waals surface area contributed by atoms with E-state index in [0.717, 1.165) is 16.8 Å². The van der Waals surface area contributed by atoms with Gasteiger partial charge in [-0.25, -0.2) is 15.0 Å². The number of rotatable bonds is 3. The molecule has 0 saturated carbocycles. The van der Waals surface area contributed by atoms with Gasteiger partial charge < -0.3 is 15.2 Å². The molecule has 11 heteroatoms. The number of benzene rings is 2. The smallest absolute Gasteiger partial charge is 0.243 e. The number of amides is 2. The highest BCUT2D eigenvalue weighted by Gasteiger charge is 2.58. The zero-order valence-corrected chi connectivity index (χ0v) is 20.1. The maximum absolute atomic E-state index is 14.5. The molecule has 2 aliphatic rings. The molecule has 0 bridgehead atoms. The molecule has 0 radical (unpaired) electrons. The second-order valence-corrected chi connectivity index (χ2v) is 9.37. The van der Waals surface area contributed by atoms with Gasteiger partial charge in [-0.1, -0.05) is 30.3 Å². The quantitative estimate of drug-likeness (QED) is 0.387. The number of nitrogens with zero attached hydrogens (tertiary/aromatic N) is 7. The van der Waals surface area contributed by atoms with Crippen LogP contribution in [0.25, 0.3) is 17.0 Å². The molecule has 1 spiro atoms. The van der Waals surface area contributed by atoms with Crippen molar-refractivity contribution >= 4 is 34.5 Å². The van der Waals surface area contributed by atoms with Gasteiger partial charge in [0.2, 0.25) is 11.8 Å². The van der Waals surface area contributed by atoms with E-state index in [1.54, 1.807) is 21.7 Å². The summed E-state index contributed by atoms with van der Waals surface area (Å²) in [6.07, 6.45) is 2.86. The van der Waals surface area contributed by atoms with Gasteiger partial charge in [0, 0.05) is 17.7 Å². The van der Waals surface area contributed by atoms with Crippen LogP contribution in [-0.4, -0.2) is 41.5 Å². The Morgan fingerprint density at radius 1 is 1.08 bits per heavy atom. The maximum atomic E-state index is 14.5. The van der Waals surface area contributed by atoms with Crippen LogP contribution in [-0.2, 0) is 21.5 Å². The number of aryl methyl sites for hydroxylation is 1. The van der Waals surface area contributed by atoms with Gasteiger partial charge in [-0.05, 0) is 36.2 Å². The number of hydrogen-bond acceptors (Lipinski definition) is 7. The summed E-state index contributed by atoms with van der Waals surface area (Å²) in [4.78, 5) is 45.3. The summed E-state index contributed by atoms with van der Waals surface area (Å²) in [5.41, 5.74) is 3.95. The van der Waals surface area contributed by atoms with Gasteiger partial charge in [0.05, 0.1) is 30.2 Å². The Balaban J connectivity index is 1.42. The molecule has 2 aromatic carbocycles. The van der Waals surface area contributed by atoms with E-state index in [-0.39, 0.29) is 18.2 Å². The van der Waals surface area contributed by atoms with Gasteiger partial charge in [-0.2, -0.15) is 15.0 Å². The Labute approximate surface area is 215 Å². The van der Waals surface area contributed by atoms with Crippen LogP contribution in [0.4, 0.5) is 11.5 Å². The molecule has 2 N–H and O–H groups in total. The maximum Gasteiger partial charge on any atom is 0.243 e. The van der Waals surface area contributed by atoms with Crippen molar-refractivity contribution in [2.75, 3.05) is 10.2 Å². The summed E-state index contributed by atoms with van der Waals surface area (Å²) in [5.74, 6) is 0.326. The molecule has 3 aromatic heterocycles. The second kappa shape index (κ2) is 7.81. The summed E-state index contributed by atoms with van der Waals surface area (Å²) >= 11 is 0. The van der Waals surface area contributed by atoms with Crippen LogP contribution in [0.15, 0.2) is 61.2 Å². The average molecular weight is 502 g/mol. The Bertz CT molecular complexity index is 1830. The van der Waals surface area contributed by atoms with Crippen molar-refractivity contribution in [1.29, 1.82) is 5.26 Å². The van der Waals surface area contributed by atoms with Gasteiger partial charge in [0.25, 0.3) is 0 Å². The summed E-state index contributed by atoms with van der Waals surface area (Å²) in [6.45, 7) is 2.13. The lowest BCUT2D eigenvalue weighted by molar-refractivity contribution is -0.126. The van der Waals surface area contributed by atoms with Crippen molar-refractivity contribution in [3.8, 4) is 11.9 Å². The third-order valence-corrected chi connectivity index (χ3v) is 7.26. The van der Waals surface area contributed by atoms with Crippen LogP contribution >= 0.6 is 0 Å². The highest BCUT2D eigenvalue weighted by Crippen LogP contribution is 2.53. The molecule has 2 aliphatic heterocycles. The second-order valence-electron chi connectivity index (χ2n) is 9.37. The third kappa shape index (κ3) is 2.88. The molecule has 38 heavy (non-hydrogen) atoms. The molecule has 0 fully saturated rings. The van der Waals surface area contributed by atoms with E-state index in [0.29, 0.717) is 46.2 Å². The van der Waals surface area contributed by atoms with E-state index >= 15 is 0 Å². The van der Waals surface area contributed by atoms with Crippen molar-refractivity contribution in [1.82, 2.24) is 29.7 Å². The van der Waals surface area contributed by atoms with Crippen molar-refractivity contribution in [2.24, 2.45) is 0 Å². The van der Waals surface area contributed by atoms with Gasteiger partial charge >= 0.3 is 0 Å². The van der Waals surface area contributed by atoms with Crippen molar-refractivity contribution < 1.29 is 9.59 Å². The normalized spacial score (nSPS) is 17.9. The first kappa shape index (κ1) is 21.9. The molecular formula is C27H19N9O2. The zero-order chi connectivity index (χ0) is 26.0. The standard InChI is InChI=1S/C27H19N9O2/c1-15-21-24(36(34-15)25-22-23(30-13-29-22)31-14-32-25)33-20(37)10-27(21)18-4-2-3-5-19(18)35(26(27)38)12-17-8-6-16(11-28)7-9-17/h2-9,13-14H,10,12H2,1H3,(H,33,37)(H,29,30,31,32)/t27-/m0/s1. The number of H-pyrrole nitrogens is 1. The first-order chi connectivity index (χ1) is 18.5. The van der Waals surface area contributed by atoms with Crippen LogP contribution in [0.5, 0.6) is 0 Å². The molecule has 5 heterocycles. The fraction of sp³-hybridized carbons (Fsp3) is 0.148. The van der Waals surface area contributed by atoms with E-state index in [1.807, 2.05) is 43.3 Å². The highest BCUT2D eigenvalue weighted by molar-refractivity contribution is 6.16. The number of nitriles is 1. The van der Waals surface area contributed by atoms with Crippen LogP contribution in [0, 0.1) is 18.3 Å². The summed E-state index contributed by atoms with van der Waals surface area (Å²) in [6, 6.07) is 16.8. The van der Waals surface area contributed by atoms with Crippen molar-refractivity contribution in [3.05, 3.63) is 89.1 Å². The number of imidazole rings is 1. The number of nitrogens with one attached hydrogen (secondary N) is 2. The van der Waals surface area contributed by atoms with E-state index in [2.05, 4.69) is 31.3 Å². The Morgan fingerprint density at radius 2 is 1.89 bits per heavy atom. The Kier molecular flexibility index (Phi) is 4.50. The fourth-order valence-electron chi connectivity index (χ4n) is 5.69. The van der Waals surface area contributed by atoms with E-state index in [4.69, 9.17) is 10.4 Å². The fourth-order valence-corrected chi connectivity index (χ4v) is 5.69. The minimum absolute atomic E-state index is 0.0461.